The summed E-state index contributed by atoms with van der Waals surface area (Å²) in [7, 11) is 2.86. The fourth-order valence-corrected chi connectivity index (χ4v) is 3.12. The van der Waals surface area contributed by atoms with Crippen LogP contribution in [-0.4, -0.2) is 27.0 Å². The van der Waals surface area contributed by atoms with Crippen molar-refractivity contribution in [1.29, 1.82) is 0 Å². The second-order valence-electron chi connectivity index (χ2n) is 6.29. The lowest BCUT2D eigenvalue weighted by molar-refractivity contribution is -0.0687. The Kier molecular flexibility index (Phi) is 6.09. The first-order valence-corrected chi connectivity index (χ1v) is 8.81. The molecule has 6 heteroatoms. The molecule has 0 heterocycles. The molecule has 0 atom stereocenters. The third-order valence-corrected chi connectivity index (χ3v) is 4.47. The number of halogens is 3. The van der Waals surface area contributed by atoms with Crippen LogP contribution < -0.4 is 9.47 Å². The van der Waals surface area contributed by atoms with Crippen LogP contribution in [0.15, 0.2) is 54.6 Å². The fourth-order valence-electron chi connectivity index (χ4n) is 3.12. The Morgan fingerprint density at radius 3 is 2.18 bits per heavy atom. The summed E-state index contributed by atoms with van der Waals surface area (Å²) >= 11 is 0. The summed E-state index contributed by atoms with van der Waals surface area (Å²) in [6.45, 7) is 0.880. The molecule has 3 nitrogen and oxygen atoms in total. The van der Waals surface area contributed by atoms with Gasteiger partial charge in [-0.25, -0.2) is 0 Å². The van der Waals surface area contributed by atoms with Gasteiger partial charge in [-0.3, -0.25) is 0 Å². The second-order valence-corrected chi connectivity index (χ2v) is 6.29. The standard InChI is InChI=1S/C22H21F3O3/c1-26-20-12-17-16(9-6-10-28-14-15-7-4-3-5-8-15)11-19(22(23,24)25)18(17)13-21(20)27-2/h3-5,7-9,11-13H,6,10,14H2,1-2H3. The van der Waals surface area contributed by atoms with Gasteiger partial charge in [0, 0.05) is 0 Å². The van der Waals surface area contributed by atoms with E-state index in [4.69, 9.17) is 14.2 Å². The zero-order valence-electron chi connectivity index (χ0n) is 15.7. The van der Waals surface area contributed by atoms with Crippen molar-refractivity contribution in [2.24, 2.45) is 0 Å². The van der Waals surface area contributed by atoms with Crippen LogP contribution in [0.5, 0.6) is 11.5 Å². The Morgan fingerprint density at radius 2 is 1.57 bits per heavy atom. The summed E-state index contributed by atoms with van der Waals surface area (Å²) < 4.78 is 56.4. The maximum absolute atomic E-state index is 13.5. The molecule has 0 saturated carbocycles. The molecular formula is C22H21F3O3. The van der Waals surface area contributed by atoms with Gasteiger partial charge >= 0.3 is 6.18 Å². The number of methoxy groups -OCH3 is 2. The number of allylic oxidation sites excluding steroid dienone is 3. The van der Waals surface area contributed by atoms with Crippen LogP contribution >= 0.6 is 0 Å². The van der Waals surface area contributed by atoms with E-state index in [9.17, 15) is 13.2 Å². The van der Waals surface area contributed by atoms with E-state index in [0.717, 1.165) is 5.56 Å². The molecule has 0 amide bonds. The van der Waals surface area contributed by atoms with Gasteiger partial charge in [-0.15, -0.1) is 0 Å². The lowest BCUT2D eigenvalue weighted by atomic mass is 10.0. The number of benzene rings is 2. The minimum absolute atomic E-state index is 0.0987. The number of hydrogen-bond acceptors (Lipinski definition) is 3. The van der Waals surface area contributed by atoms with Crippen LogP contribution in [0.25, 0.3) is 11.1 Å². The third-order valence-electron chi connectivity index (χ3n) is 4.47. The fraction of sp³-hybridized carbons (Fsp3) is 0.273. The summed E-state index contributed by atoms with van der Waals surface area (Å²) in [6, 6.07) is 12.7. The molecule has 148 valence electrons. The van der Waals surface area contributed by atoms with Crippen LogP contribution in [0.2, 0.25) is 0 Å². The zero-order chi connectivity index (χ0) is 20.1. The maximum atomic E-state index is 13.5. The second kappa shape index (κ2) is 8.52. The maximum Gasteiger partial charge on any atom is 0.417 e. The molecule has 2 aromatic rings. The van der Waals surface area contributed by atoms with Crippen molar-refractivity contribution in [1.82, 2.24) is 0 Å². The average Bonchev–Trinajstić information content (AvgIpc) is 3.05. The van der Waals surface area contributed by atoms with E-state index >= 15 is 0 Å². The van der Waals surface area contributed by atoms with Crippen LogP contribution in [0.3, 0.4) is 0 Å². The van der Waals surface area contributed by atoms with E-state index in [0.29, 0.717) is 36.5 Å². The summed E-state index contributed by atoms with van der Waals surface area (Å²) in [6.07, 6.45) is -1.03. The molecule has 0 radical (unpaired) electrons. The van der Waals surface area contributed by atoms with Gasteiger partial charge in [-0.1, -0.05) is 36.4 Å². The Balaban J connectivity index is 1.77. The van der Waals surface area contributed by atoms with Gasteiger partial charge in [0.05, 0.1) is 33.0 Å². The summed E-state index contributed by atoms with van der Waals surface area (Å²) in [5.41, 5.74) is 1.46. The predicted molar refractivity (Wildman–Crippen MR) is 102 cm³/mol. The lowest BCUT2D eigenvalue weighted by Gasteiger charge is -2.14. The molecule has 1 aliphatic rings. The zero-order valence-corrected chi connectivity index (χ0v) is 15.7. The topological polar surface area (TPSA) is 27.7 Å². The first-order valence-electron chi connectivity index (χ1n) is 8.81. The van der Waals surface area contributed by atoms with Crippen molar-refractivity contribution in [3.05, 3.63) is 71.3 Å². The van der Waals surface area contributed by atoms with Crippen molar-refractivity contribution in [2.45, 2.75) is 19.2 Å². The number of rotatable bonds is 7. The largest absolute Gasteiger partial charge is 0.493 e. The normalized spacial score (nSPS) is 14.8. The van der Waals surface area contributed by atoms with Crippen LogP contribution in [-0.2, 0) is 11.3 Å². The van der Waals surface area contributed by atoms with Crippen molar-refractivity contribution in [3.8, 4) is 11.5 Å². The molecule has 0 fully saturated rings. The summed E-state index contributed by atoms with van der Waals surface area (Å²) in [5, 5.41) is 0. The van der Waals surface area contributed by atoms with E-state index in [1.807, 2.05) is 30.3 Å². The molecular weight excluding hydrogens is 369 g/mol. The first-order chi connectivity index (χ1) is 13.4. The predicted octanol–water partition coefficient (Wildman–Crippen LogP) is 5.65. The highest BCUT2D eigenvalue weighted by atomic mass is 19.4. The SMILES string of the molecule is COc1cc2c(cc1OC)C(C(F)(F)F)=CC2=CCCOCc1ccccc1. The molecule has 2 aromatic carbocycles. The van der Waals surface area contributed by atoms with Gasteiger partial charge in [-0.2, -0.15) is 13.2 Å². The van der Waals surface area contributed by atoms with Crippen molar-refractivity contribution in [3.63, 3.8) is 0 Å². The van der Waals surface area contributed by atoms with Gasteiger partial charge in [-0.05, 0) is 46.9 Å². The van der Waals surface area contributed by atoms with Crippen molar-refractivity contribution >= 4 is 11.1 Å². The highest BCUT2D eigenvalue weighted by molar-refractivity contribution is 5.98. The highest BCUT2D eigenvalue weighted by Gasteiger charge is 2.39. The first kappa shape index (κ1) is 20.0. The van der Waals surface area contributed by atoms with E-state index in [1.165, 1.54) is 26.4 Å². The van der Waals surface area contributed by atoms with E-state index in [2.05, 4.69) is 0 Å². The molecule has 0 saturated heterocycles. The van der Waals surface area contributed by atoms with E-state index < -0.39 is 11.7 Å². The smallest absolute Gasteiger partial charge is 0.417 e. The number of ether oxygens (including phenoxy) is 3. The molecule has 0 unspecified atom stereocenters. The number of fused-ring (bicyclic) bond motifs is 1. The van der Waals surface area contributed by atoms with Crippen LogP contribution in [0.1, 0.15) is 23.1 Å². The Hall–Kier alpha value is -2.73. The quantitative estimate of drug-likeness (QED) is 0.572. The molecule has 1 aliphatic carbocycles. The van der Waals surface area contributed by atoms with Gasteiger partial charge in [0.25, 0.3) is 0 Å². The molecule has 0 aliphatic heterocycles. The highest BCUT2D eigenvalue weighted by Crippen LogP contribution is 2.47. The monoisotopic (exact) mass is 390 g/mol. The van der Waals surface area contributed by atoms with E-state index in [1.54, 1.807) is 12.1 Å². The van der Waals surface area contributed by atoms with Gasteiger partial charge < -0.3 is 14.2 Å². The van der Waals surface area contributed by atoms with E-state index in [-0.39, 0.29) is 11.3 Å². The Morgan fingerprint density at radius 1 is 0.929 bits per heavy atom. The minimum Gasteiger partial charge on any atom is -0.493 e. The minimum atomic E-state index is -4.45. The third kappa shape index (κ3) is 4.39. The van der Waals surface area contributed by atoms with Gasteiger partial charge in [0.2, 0.25) is 0 Å². The lowest BCUT2D eigenvalue weighted by Crippen LogP contribution is -2.09. The van der Waals surface area contributed by atoms with Crippen LogP contribution in [0.4, 0.5) is 13.2 Å². The van der Waals surface area contributed by atoms with Gasteiger partial charge in [0.1, 0.15) is 0 Å². The number of hydrogen-bond donors (Lipinski definition) is 0. The Bertz CT molecular complexity index is 884. The molecule has 0 bridgehead atoms. The summed E-state index contributed by atoms with van der Waals surface area (Å²) in [5.74, 6) is 0.660. The summed E-state index contributed by atoms with van der Waals surface area (Å²) in [4.78, 5) is 0. The van der Waals surface area contributed by atoms with Crippen molar-refractivity contribution < 1.29 is 27.4 Å². The average molecular weight is 390 g/mol. The van der Waals surface area contributed by atoms with Crippen LogP contribution in [0, 0.1) is 0 Å². The molecule has 0 aromatic heterocycles. The molecule has 28 heavy (non-hydrogen) atoms. The van der Waals surface area contributed by atoms with Gasteiger partial charge in [0.15, 0.2) is 11.5 Å². The van der Waals surface area contributed by atoms with Crippen molar-refractivity contribution in [2.75, 3.05) is 20.8 Å². The molecule has 3 rings (SSSR count). The Labute approximate surface area is 162 Å². The molecule has 0 N–H and O–H groups in total. The number of alkyl halides is 3. The molecule has 0 spiro atoms.